The minimum Gasteiger partial charge on any atom is -0.326 e. The molecule has 0 fully saturated rings. The van der Waals surface area contributed by atoms with Gasteiger partial charge < -0.3 is 4.57 Å². The number of aryl methyl sites for hydroxylation is 3. The van der Waals surface area contributed by atoms with E-state index < -0.39 is 5.82 Å². The number of imidazole rings is 1. The van der Waals surface area contributed by atoms with Crippen molar-refractivity contribution in [3.8, 4) is 0 Å². The third-order valence-corrected chi connectivity index (χ3v) is 3.69. The Balaban J connectivity index is 2.00. The summed E-state index contributed by atoms with van der Waals surface area (Å²) in [5, 5.41) is 7.77. The molecule has 21 heavy (non-hydrogen) atoms. The van der Waals surface area contributed by atoms with E-state index in [1.807, 2.05) is 4.57 Å². The first-order valence-corrected chi connectivity index (χ1v) is 7.34. The molecule has 0 saturated heterocycles. The second-order valence-corrected chi connectivity index (χ2v) is 5.32. The van der Waals surface area contributed by atoms with Crippen molar-refractivity contribution in [1.29, 1.82) is 0 Å². The average molecular weight is 328 g/mol. The number of rotatable bonds is 5. The Bertz CT molecular complexity index is 754. The number of benzene rings is 1. The molecule has 0 saturated carbocycles. The minimum absolute atomic E-state index is 0.0850. The van der Waals surface area contributed by atoms with Crippen LogP contribution in [0.25, 0.3) is 11.0 Å². The molecule has 8 heteroatoms. The Kier molecular flexibility index (Phi) is 4.07. The Morgan fingerprint density at radius 2 is 2.10 bits per heavy atom. The van der Waals surface area contributed by atoms with Crippen molar-refractivity contribution in [2.75, 3.05) is 5.88 Å². The van der Waals surface area contributed by atoms with Crippen LogP contribution < -0.4 is 0 Å². The Labute approximate surface area is 130 Å². The summed E-state index contributed by atoms with van der Waals surface area (Å²) in [7, 11) is 0. The molecule has 1 aromatic carbocycles. The van der Waals surface area contributed by atoms with E-state index in [-0.39, 0.29) is 5.02 Å². The number of nitrogens with zero attached hydrogens (tertiary/aromatic N) is 5. The van der Waals surface area contributed by atoms with Crippen molar-refractivity contribution < 1.29 is 4.39 Å². The summed E-state index contributed by atoms with van der Waals surface area (Å²) >= 11 is 11.7. The standard InChI is InChI=1S/C13H12Cl2FN5/c14-2-1-13-18-11-8-10(16)9(15)7-12(11)21(13)6-5-20-4-3-17-19-20/h3-4,7-8H,1-2,5-6H2. The molecule has 110 valence electrons. The highest BCUT2D eigenvalue weighted by atomic mass is 35.5. The molecule has 0 aliphatic rings. The number of aromatic nitrogens is 5. The lowest BCUT2D eigenvalue weighted by atomic mass is 10.3. The first-order chi connectivity index (χ1) is 10.2. The van der Waals surface area contributed by atoms with Gasteiger partial charge >= 0.3 is 0 Å². The lowest BCUT2D eigenvalue weighted by Crippen LogP contribution is -2.11. The van der Waals surface area contributed by atoms with Crippen molar-refractivity contribution in [1.82, 2.24) is 24.5 Å². The minimum atomic E-state index is -0.470. The van der Waals surface area contributed by atoms with E-state index >= 15 is 0 Å². The molecule has 3 rings (SSSR count). The van der Waals surface area contributed by atoms with Crippen LogP contribution in [-0.2, 0) is 19.5 Å². The van der Waals surface area contributed by atoms with Gasteiger partial charge in [-0.1, -0.05) is 16.8 Å². The van der Waals surface area contributed by atoms with E-state index in [0.717, 1.165) is 11.3 Å². The topological polar surface area (TPSA) is 48.5 Å². The van der Waals surface area contributed by atoms with Crippen LogP contribution in [0.2, 0.25) is 5.02 Å². The van der Waals surface area contributed by atoms with Gasteiger partial charge in [0.1, 0.15) is 11.6 Å². The highest BCUT2D eigenvalue weighted by Gasteiger charge is 2.13. The summed E-state index contributed by atoms with van der Waals surface area (Å²) in [4.78, 5) is 4.44. The van der Waals surface area contributed by atoms with Gasteiger partial charge in [0.25, 0.3) is 0 Å². The van der Waals surface area contributed by atoms with Crippen LogP contribution in [0.4, 0.5) is 4.39 Å². The summed E-state index contributed by atoms with van der Waals surface area (Å²) in [5.41, 5.74) is 1.37. The highest BCUT2D eigenvalue weighted by molar-refractivity contribution is 6.31. The van der Waals surface area contributed by atoms with Gasteiger partial charge in [0.05, 0.1) is 28.8 Å². The molecule has 0 N–H and O–H groups in total. The zero-order valence-electron chi connectivity index (χ0n) is 11.0. The van der Waals surface area contributed by atoms with Crippen LogP contribution in [0.5, 0.6) is 0 Å². The normalized spacial score (nSPS) is 11.4. The van der Waals surface area contributed by atoms with Gasteiger partial charge in [-0.15, -0.1) is 16.7 Å². The van der Waals surface area contributed by atoms with E-state index in [9.17, 15) is 4.39 Å². The van der Waals surface area contributed by atoms with Gasteiger partial charge in [-0.3, -0.25) is 4.68 Å². The monoisotopic (exact) mass is 327 g/mol. The van der Waals surface area contributed by atoms with Crippen LogP contribution in [0, 0.1) is 5.82 Å². The van der Waals surface area contributed by atoms with E-state index in [1.54, 1.807) is 23.1 Å². The Hall–Kier alpha value is -1.66. The maximum absolute atomic E-state index is 13.6. The molecule has 0 aliphatic heterocycles. The first-order valence-electron chi connectivity index (χ1n) is 6.43. The molecule has 2 aromatic heterocycles. The van der Waals surface area contributed by atoms with Crippen LogP contribution in [0.1, 0.15) is 5.82 Å². The molecule has 5 nitrogen and oxygen atoms in total. The summed E-state index contributed by atoms with van der Waals surface area (Å²) in [6.45, 7) is 1.27. The molecule has 0 unspecified atom stereocenters. The van der Waals surface area contributed by atoms with Crippen molar-refractivity contribution >= 4 is 34.2 Å². The molecule has 0 atom stereocenters. The van der Waals surface area contributed by atoms with Gasteiger partial charge in [0.15, 0.2) is 0 Å². The number of halogens is 3. The van der Waals surface area contributed by atoms with Gasteiger partial charge in [0, 0.05) is 31.1 Å². The van der Waals surface area contributed by atoms with Crippen LogP contribution >= 0.6 is 23.2 Å². The van der Waals surface area contributed by atoms with E-state index in [0.29, 0.717) is 30.9 Å². The molecule has 0 bridgehead atoms. The fraction of sp³-hybridized carbons (Fsp3) is 0.308. The maximum Gasteiger partial charge on any atom is 0.144 e. The van der Waals surface area contributed by atoms with Crippen molar-refractivity contribution in [2.24, 2.45) is 0 Å². The number of fused-ring (bicyclic) bond motifs is 1. The van der Waals surface area contributed by atoms with Gasteiger partial charge in [-0.05, 0) is 6.07 Å². The average Bonchev–Trinajstić information content (AvgIpc) is 3.06. The Morgan fingerprint density at radius 3 is 2.81 bits per heavy atom. The summed E-state index contributed by atoms with van der Waals surface area (Å²) < 4.78 is 17.3. The predicted octanol–water partition coefficient (Wildman–Crippen LogP) is 2.90. The smallest absolute Gasteiger partial charge is 0.144 e. The van der Waals surface area contributed by atoms with Gasteiger partial charge in [-0.25, -0.2) is 9.37 Å². The lowest BCUT2D eigenvalue weighted by molar-refractivity contribution is 0.516. The summed E-state index contributed by atoms with van der Waals surface area (Å²) in [6, 6.07) is 2.94. The quantitative estimate of drug-likeness (QED) is 0.677. The van der Waals surface area contributed by atoms with E-state index in [4.69, 9.17) is 23.2 Å². The molecule has 2 heterocycles. The molecule has 0 radical (unpaired) electrons. The molecule has 0 aliphatic carbocycles. The van der Waals surface area contributed by atoms with Crippen molar-refractivity contribution in [2.45, 2.75) is 19.5 Å². The maximum atomic E-state index is 13.6. The second kappa shape index (κ2) is 5.99. The fourth-order valence-corrected chi connectivity index (χ4v) is 2.58. The lowest BCUT2D eigenvalue weighted by Gasteiger charge is -2.08. The third kappa shape index (κ3) is 2.87. The first kappa shape index (κ1) is 14.3. The van der Waals surface area contributed by atoms with Crippen molar-refractivity contribution in [3.05, 3.63) is 41.2 Å². The highest BCUT2D eigenvalue weighted by Crippen LogP contribution is 2.24. The zero-order chi connectivity index (χ0) is 14.8. The molecule has 0 spiro atoms. The molecule has 3 aromatic rings. The van der Waals surface area contributed by atoms with Crippen LogP contribution in [0.15, 0.2) is 24.5 Å². The van der Waals surface area contributed by atoms with E-state index in [1.165, 1.54) is 6.07 Å². The van der Waals surface area contributed by atoms with E-state index in [2.05, 4.69) is 15.3 Å². The molecular formula is C13H12Cl2FN5. The summed E-state index contributed by atoms with van der Waals surface area (Å²) in [5.74, 6) is 0.785. The fourth-order valence-electron chi connectivity index (χ4n) is 2.25. The van der Waals surface area contributed by atoms with Crippen LogP contribution in [-0.4, -0.2) is 30.4 Å². The second-order valence-electron chi connectivity index (χ2n) is 4.54. The SMILES string of the molecule is Fc1cc2nc(CCCl)n(CCn3ccnn3)c2cc1Cl. The van der Waals surface area contributed by atoms with Gasteiger partial charge in [-0.2, -0.15) is 0 Å². The number of alkyl halides is 1. The Morgan fingerprint density at radius 1 is 1.24 bits per heavy atom. The number of hydrogen-bond acceptors (Lipinski definition) is 3. The van der Waals surface area contributed by atoms with Gasteiger partial charge in [0.2, 0.25) is 0 Å². The molecular weight excluding hydrogens is 316 g/mol. The predicted molar refractivity (Wildman–Crippen MR) is 79.1 cm³/mol. The summed E-state index contributed by atoms with van der Waals surface area (Å²) in [6.07, 6.45) is 4.01. The number of hydrogen-bond donors (Lipinski definition) is 0. The third-order valence-electron chi connectivity index (χ3n) is 3.21. The van der Waals surface area contributed by atoms with Crippen molar-refractivity contribution in [3.63, 3.8) is 0 Å². The zero-order valence-corrected chi connectivity index (χ0v) is 12.5. The van der Waals surface area contributed by atoms with Crippen LogP contribution in [0.3, 0.4) is 0 Å². The largest absolute Gasteiger partial charge is 0.326 e. The molecule has 0 amide bonds.